The minimum absolute atomic E-state index is 0.329. The van der Waals surface area contributed by atoms with Gasteiger partial charge < -0.3 is 9.30 Å². The molecule has 0 aliphatic heterocycles. The van der Waals surface area contributed by atoms with E-state index in [9.17, 15) is 9.59 Å². The summed E-state index contributed by atoms with van der Waals surface area (Å²) in [5.74, 6) is -0.700. The molecule has 2 aromatic heterocycles. The lowest BCUT2D eigenvalue weighted by Gasteiger charge is -2.01. The van der Waals surface area contributed by atoms with Gasteiger partial charge in [-0.25, -0.2) is 4.79 Å². The predicted molar refractivity (Wildman–Crippen MR) is 94.5 cm³/mol. The molecule has 0 radical (unpaired) electrons. The molecule has 1 aromatic carbocycles. The number of ether oxygens (including phenoxy) is 1. The fourth-order valence-electron chi connectivity index (χ4n) is 2.49. The number of thiazole rings is 1. The van der Waals surface area contributed by atoms with Crippen molar-refractivity contribution in [3.05, 3.63) is 46.5 Å². The number of esters is 1. The van der Waals surface area contributed by atoms with Crippen molar-refractivity contribution in [3.63, 3.8) is 0 Å². The summed E-state index contributed by atoms with van der Waals surface area (Å²) in [4.78, 5) is 29.1. The van der Waals surface area contributed by atoms with Gasteiger partial charge in [-0.15, -0.1) is 0 Å². The molecular weight excluding hydrogens is 340 g/mol. The first-order chi connectivity index (χ1) is 12.0. The summed E-state index contributed by atoms with van der Waals surface area (Å²) in [5, 5.41) is 4.09. The second kappa shape index (κ2) is 7.02. The van der Waals surface area contributed by atoms with Gasteiger partial charge >= 0.3 is 5.97 Å². The van der Waals surface area contributed by atoms with Crippen LogP contribution in [0.15, 0.2) is 35.5 Å². The van der Waals surface area contributed by atoms with Crippen LogP contribution in [-0.2, 0) is 18.3 Å². The van der Waals surface area contributed by atoms with Gasteiger partial charge in [0.25, 0.3) is 5.91 Å². The van der Waals surface area contributed by atoms with Crippen molar-refractivity contribution in [1.29, 1.82) is 0 Å². The van der Waals surface area contributed by atoms with Crippen LogP contribution in [-0.4, -0.2) is 32.8 Å². The van der Waals surface area contributed by atoms with Crippen molar-refractivity contribution in [2.24, 2.45) is 12.0 Å². The van der Waals surface area contributed by atoms with Gasteiger partial charge in [-0.05, 0) is 38.1 Å². The van der Waals surface area contributed by atoms with Gasteiger partial charge in [-0.1, -0.05) is 11.3 Å². The number of rotatable bonds is 4. The predicted octanol–water partition coefficient (Wildman–Crippen LogP) is 2.37. The normalized spacial score (nSPS) is 11.9. The topological polar surface area (TPSA) is 78.5 Å². The first kappa shape index (κ1) is 17.1. The van der Waals surface area contributed by atoms with Crippen molar-refractivity contribution in [3.8, 4) is 0 Å². The van der Waals surface area contributed by atoms with E-state index < -0.39 is 0 Å². The highest BCUT2D eigenvalue weighted by molar-refractivity contribution is 7.16. The van der Waals surface area contributed by atoms with Crippen molar-refractivity contribution in [1.82, 2.24) is 14.3 Å². The Balaban J connectivity index is 2.03. The van der Waals surface area contributed by atoms with E-state index in [0.29, 0.717) is 29.2 Å². The Morgan fingerprint density at radius 3 is 2.80 bits per heavy atom. The number of amides is 1. The number of aryl methyl sites for hydroxylation is 2. The zero-order valence-electron chi connectivity index (χ0n) is 14.2. The highest BCUT2D eigenvalue weighted by Crippen LogP contribution is 2.19. The zero-order chi connectivity index (χ0) is 18.0. The van der Waals surface area contributed by atoms with Crippen LogP contribution in [0.1, 0.15) is 34.7 Å². The minimum atomic E-state index is -0.359. The van der Waals surface area contributed by atoms with Crippen molar-refractivity contribution >= 4 is 33.4 Å². The number of benzene rings is 1. The van der Waals surface area contributed by atoms with Crippen LogP contribution in [0.4, 0.5) is 0 Å². The van der Waals surface area contributed by atoms with Gasteiger partial charge in [0.05, 0.1) is 22.4 Å². The average molecular weight is 358 g/mol. The highest BCUT2D eigenvalue weighted by atomic mass is 32.1. The molecule has 2 heterocycles. The molecule has 3 aromatic rings. The van der Waals surface area contributed by atoms with Gasteiger partial charge in [0.1, 0.15) is 5.69 Å². The largest absolute Gasteiger partial charge is 0.462 e. The molecule has 7 nitrogen and oxygen atoms in total. The number of nitrogens with zero attached hydrogens (tertiary/aromatic N) is 4. The summed E-state index contributed by atoms with van der Waals surface area (Å²) >= 11 is 1.35. The molecule has 1 amide bonds. The second-order valence-corrected chi connectivity index (χ2v) is 6.30. The third-order valence-electron chi connectivity index (χ3n) is 3.75. The number of hydrogen-bond acceptors (Lipinski definition) is 5. The van der Waals surface area contributed by atoms with E-state index in [0.717, 1.165) is 10.2 Å². The number of fused-ring (bicyclic) bond motifs is 1. The molecule has 130 valence electrons. The Morgan fingerprint density at radius 2 is 2.08 bits per heavy atom. The van der Waals surface area contributed by atoms with E-state index in [2.05, 4.69) is 10.1 Å². The molecule has 0 N–H and O–H groups in total. The second-order valence-electron chi connectivity index (χ2n) is 5.30. The Labute approximate surface area is 148 Å². The first-order valence-electron chi connectivity index (χ1n) is 7.92. The molecule has 25 heavy (non-hydrogen) atoms. The number of carbonyl (C=O) groups is 2. The zero-order valence-corrected chi connectivity index (χ0v) is 15.0. The molecule has 0 unspecified atom stereocenters. The molecule has 0 saturated heterocycles. The van der Waals surface area contributed by atoms with Crippen molar-refractivity contribution < 1.29 is 14.3 Å². The maximum absolute atomic E-state index is 12.4. The van der Waals surface area contributed by atoms with Gasteiger partial charge in [0.2, 0.25) is 0 Å². The summed E-state index contributed by atoms with van der Waals surface area (Å²) in [6, 6.07) is 6.96. The van der Waals surface area contributed by atoms with E-state index in [1.54, 1.807) is 36.0 Å². The highest BCUT2D eigenvalue weighted by Gasteiger charge is 2.13. The third kappa shape index (κ3) is 3.25. The molecule has 8 heteroatoms. The summed E-state index contributed by atoms with van der Waals surface area (Å²) in [7, 11) is 1.84. The van der Waals surface area contributed by atoms with Crippen LogP contribution in [0.3, 0.4) is 0 Å². The molecular formula is C17H18N4O3S. The van der Waals surface area contributed by atoms with Crippen molar-refractivity contribution in [2.45, 2.75) is 20.4 Å². The lowest BCUT2D eigenvalue weighted by atomic mass is 10.2. The van der Waals surface area contributed by atoms with E-state index in [1.807, 2.05) is 24.6 Å². The van der Waals surface area contributed by atoms with Gasteiger partial charge in [0.15, 0.2) is 4.80 Å². The lowest BCUT2D eigenvalue weighted by molar-refractivity contribution is 0.0526. The first-order valence-corrected chi connectivity index (χ1v) is 8.74. The number of carbonyl (C=O) groups excluding carboxylic acids is 2. The van der Waals surface area contributed by atoms with Crippen LogP contribution >= 0.6 is 11.3 Å². The number of aromatic nitrogens is 3. The molecule has 0 spiro atoms. The monoisotopic (exact) mass is 358 g/mol. The lowest BCUT2D eigenvalue weighted by Crippen LogP contribution is -2.15. The summed E-state index contributed by atoms with van der Waals surface area (Å²) in [5.41, 5.74) is 1.83. The average Bonchev–Trinajstić information content (AvgIpc) is 3.20. The molecule has 0 aliphatic carbocycles. The minimum Gasteiger partial charge on any atom is -0.462 e. The maximum atomic E-state index is 12.4. The van der Waals surface area contributed by atoms with Gasteiger partial charge in [0, 0.05) is 19.8 Å². The van der Waals surface area contributed by atoms with Crippen LogP contribution in [0, 0.1) is 0 Å². The Hall–Kier alpha value is -2.74. The molecule has 3 rings (SSSR count). The standard InChI is InChI=1S/C17H18N4O3S/c1-4-21-13(8-9-18-21)15(22)19-17-20(3)12-7-6-11(10-14(12)25-17)16(23)24-5-2/h6-10H,4-5H2,1-3H3. The molecule has 0 atom stereocenters. The van der Waals surface area contributed by atoms with E-state index >= 15 is 0 Å². The Morgan fingerprint density at radius 1 is 1.28 bits per heavy atom. The van der Waals surface area contributed by atoms with E-state index in [1.165, 1.54) is 11.3 Å². The van der Waals surface area contributed by atoms with Crippen LogP contribution in [0.5, 0.6) is 0 Å². The summed E-state index contributed by atoms with van der Waals surface area (Å²) < 4.78 is 9.33. The molecule has 0 saturated carbocycles. The fourth-order valence-corrected chi connectivity index (χ4v) is 3.55. The molecule has 0 aliphatic rings. The van der Waals surface area contributed by atoms with Crippen molar-refractivity contribution in [2.75, 3.05) is 6.61 Å². The van der Waals surface area contributed by atoms with E-state index in [4.69, 9.17) is 4.74 Å². The molecule has 0 fully saturated rings. The Kier molecular flexibility index (Phi) is 4.80. The quantitative estimate of drug-likeness (QED) is 0.671. The fraction of sp³-hybridized carbons (Fsp3) is 0.294. The third-order valence-corrected chi connectivity index (χ3v) is 4.85. The Bertz CT molecular complexity index is 1010. The van der Waals surface area contributed by atoms with Crippen LogP contribution < -0.4 is 4.80 Å². The van der Waals surface area contributed by atoms with Crippen LogP contribution in [0.25, 0.3) is 10.2 Å². The summed E-state index contributed by atoms with van der Waals surface area (Å²) in [6.07, 6.45) is 1.59. The van der Waals surface area contributed by atoms with Gasteiger partial charge in [-0.2, -0.15) is 10.1 Å². The summed E-state index contributed by atoms with van der Waals surface area (Å²) in [6.45, 7) is 4.62. The van der Waals surface area contributed by atoms with Crippen LogP contribution in [0.2, 0.25) is 0 Å². The number of hydrogen-bond donors (Lipinski definition) is 0. The smallest absolute Gasteiger partial charge is 0.338 e. The van der Waals surface area contributed by atoms with Gasteiger partial charge in [-0.3, -0.25) is 9.48 Å². The SMILES string of the molecule is CCOC(=O)c1ccc2c(c1)sc(=NC(=O)c1ccnn1CC)n2C. The maximum Gasteiger partial charge on any atom is 0.338 e. The van der Waals surface area contributed by atoms with E-state index in [-0.39, 0.29) is 11.9 Å². The molecule has 0 bridgehead atoms.